The van der Waals surface area contributed by atoms with Crippen molar-refractivity contribution in [2.45, 2.75) is 6.92 Å². The first-order chi connectivity index (χ1) is 8.74. The summed E-state index contributed by atoms with van der Waals surface area (Å²) in [5.74, 6) is 0. The molecule has 18 heavy (non-hydrogen) atoms. The van der Waals surface area contributed by atoms with Crippen LogP contribution in [-0.4, -0.2) is 6.03 Å². The van der Waals surface area contributed by atoms with Crippen LogP contribution >= 0.6 is 0 Å². The van der Waals surface area contributed by atoms with E-state index in [9.17, 15) is 4.79 Å². The molecule has 0 saturated heterocycles. The lowest BCUT2D eigenvalue weighted by molar-refractivity contribution is 0.258. The van der Waals surface area contributed by atoms with Crippen LogP contribution in [0.1, 0.15) is 5.56 Å². The predicted octanol–water partition coefficient (Wildman–Crippen LogP) is 4.31. The molecule has 0 aliphatic rings. The van der Waals surface area contributed by atoms with Crippen LogP contribution in [0.15, 0.2) is 64.8 Å². The summed E-state index contributed by atoms with van der Waals surface area (Å²) < 4.78 is 0. The second-order valence-corrected chi connectivity index (χ2v) is 3.84. The van der Waals surface area contributed by atoms with Crippen molar-refractivity contribution in [3.05, 3.63) is 60.2 Å². The Balaban J connectivity index is 1.99. The van der Waals surface area contributed by atoms with Gasteiger partial charge in [0, 0.05) is 5.69 Å². The highest BCUT2D eigenvalue weighted by Crippen LogP contribution is 2.12. The van der Waals surface area contributed by atoms with Gasteiger partial charge in [-0.25, -0.2) is 4.79 Å². The molecule has 0 aliphatic heterocycles. The molecule has 2 rings (SSSR count). The van der Waals surface area contributed by atoms with Gasteiger partial charge in [-0.2, -0.15) is 0 Å². The molecule has 90 valence electrons. The Kier molecular flexibility index (Phi) is 3.81. The van der Waals surface area contributed by atoms with E-state index in [-0.39, 0.29) is 0 Å². The highest BCUT2D eigenvalue weighted by Gasteiger charge is 1.99. The topological polar surface area (TPSA) is 53.8 Å². The lowest BCUT2D eigenvalue weighted by atomic mass is 10.2. The first-order valence-corrected chi connectivity index (χ1v) is 5.58. The standard InChI is InChI=1S/C14H13N3O/c1-11-6-5-9-13(10-11)15-14(18)17-16-12-7-3-2-4-8-12/h2-10H,1H3,(H,15,18). The summed E-state index contributed by atoms with van der Waals surface area (Å²) in [6, 6.07) is 16.2. The van der Waals surface area contributed by atoms with Gasteiger partial charge in [0.25, 0.3) is 0 Å². The zero-order chi connectivity index (χ0) is 12.8. The Morgan fingerprint density at radius 3 is 2.56 bits per heavy atom. The third-order valence-corrected chi connectivity index (χ3v) is 2.28. The van der Waals surface area contributed by atoms with Crippen molar-refractivity contribution in [1.82, 2.24) is 0 Å². The summed E-state index contributed by atoms with van der Waals surface area (Å²) >= 11 is 0. The lowest BCUT2D eigenvalue weighted by Gasteiger charge is -2.01. The lowest BCUT2D eigenvalue weighted by Crippen LogP contribution is -2.05. The average molecular weight is 239 g/mol. The fraction of sp³-hybridized carbons (Fsp3) is 0.0714. The first-order valence-electron chi connectivity index (χ1n) is 5.58. The molecule has 2 aromatic rings. The molecular formula is C14H13N3O. The van der Waals surface area contributed by atoms with E-state index < -0.39 is 6.03 Å². The summed E-state index contributed by atoms with van der Waals surface area (Å²) in [5, 5.41) is 10.1. The van der Waals surface area contributed by atoms with E-state index in [4.69, 9.17) is 0 Å². The maximum atomic E-state index is 11.5. The molecule has 0 radical (unpaired) electrons. The fourth-order valence-corrected chi connectivity index (χ4v) is 1.47. The molecule has 0 aromatic heterocycles. The molecule has 4 heteroatoms. The van der Waals surface area contributed by atoms with Gasteiger partial charge in [-0.15, -0.1) is 5.11 Å². The minimum absolute atomic E-state index is 0.482. The number of amides is 2. The van der Waals surface area contributed by atoms with E-state index in [0.29, 0.717) is 11.4 Å². The van der Waals surface area contributed by atoms with Crippen LogP contribution in [0.2, 0.25) is 0 Å². The molecule has 0 unspecified atom stereocenters. The van der Waals surface area contributed by atoms with Gasteiger partial charge in [0.1, 0.15) is 0 Å². The van der Waals surface area contributed by atoms with E-state index in [1.54, 1.807) is 12.1 Å². The second kappa shape index (κ2) is 5.72. The minimum atomic E-state index is -0.482. The van der Waals surface area contributed by atoms with Crippen molar-refractivity contribution < 1.29 is 4.79 Å². The third kappa shape index (κ3) is 3.52. The van der Waals surface area contributed by atoms with E-state index in [0.717, 1.165) is 5.56 Å². The van der Waals surface area contributed by atoms with Crippen LogP contribution in [-0.2, 0) is 0 Å². The van der Waals surface area contributed by atoms with Crippen LogP contribution in [0.3, 0.4) is 0 Å². The van der Waals surface area contributed by atoms with E-state index >= 15 is 0 Å². The average Bonchev–Trinajstić information content (AvgIpc) is 2.38. The van der Waals surface area contributed by atoms with Crippen molar-refractivity contribution in [2.24, 2.45) is 10.2 Å². The smallest absolute Gasteiger partial charge is 0.305 e. The molecule has 4 nitrogen and oxygen atoms in total. The Morgan fingerprint density at radius 1 is 1.06 bits per heavy atom. The highest BCUT2D eigenvalue weighted by molar-refractivity contribution is 5.89. The number of hydrogen-bond acceptors (Lipinski definition) is 2. The minimum Gasteiger partial charge on any atom is -0.305 e. The third-order valence-electron chi connectivity index (χ3n) is 2.28. The van der Waals surface area contributed by atoms with Crippen molar-refractivity contribution in [3.63, 3.8) is 0 Å². The molecule has 0 bridgehead atoms. The Labute approximate surface area is 105 Å². The number of nitrogens with zero attached hydrogens (tertiary/aromatic N) is 2. The van der Waals surface area contributed by atoms with Gasteiger partial charge in [0.05, 0.1) is 5.69 Å². The number of benzene rings is 2. The zero-order valence-electron chi connectivity index (χ0n) is 10.00. The Hall–Kier alpha value is -2.49. The summed E-state index contributed by atoms with van der Waals surface area (Å²) in [7, 11) is 0. The van der Waals surface area contributed by atoms with Crippen LogP contribution < -0.4 is 5.32 Å². The normalized spacial score (nSPS) is 10.5. The number of urea groups is 1. The van der Waals surface area contributed by atoms with Crippen LogP contribution in [0.25, 0.3) is 0 Å². The molecule has 0 spiro atoms. The van der Waals surface area contributed by atoms with E-state index in [1.165, 1.54) is 0 Å². The van der Waals surface area contributed by atoms with Crippen LogP contribution in [0.5, 0.6) is 0 Å². The number of aryl methyl sites for hydroxylation is 1. The molecule has 2 aromatic carbocycles. The highest BCUT2D eigenvalue weighted by atomic mass is 16.2. The summed E-state index contributed by atoms with van der Waals surface area (Å²) in [6.45, 7) is 1.96. The Morgan fingerprint density at radius 2 is 1.83 bits per heavy atom. The monoisotopic (exact) mass is 239 g/mol. The van der Waals surface area contributed by atoms with Crippen LogP contribution in [0, 0.1) is 6.92 Å². The summed E-state index contributed by atoms with van der Waals surface area (Å²) in [6.07, 6.45) is 0. The van der Waals surface area contributed by atoms with Gasteiger partial charge in [-0.05, 0) is 36.8 Å². The van der Waals surface area contributed by atoms with Gasteiger partial charge in [-0.1, -0.05) is 35.4 Å². The number of azo groups is 1. The second-order valence-electron chi connectivity index (χ2n) is 3.84. The quantitative estimate of drug-likeness (QED) is 0.780. The molecule has 0 atom stereocenters. The predicted molar refractivity (Wildman–Crippen MR) is 71.2 cm³/mol. The van der Waals surface area contributed by atoms with Crippen molar-refractivity contribution >= 4 is 17.4 Å². The molecule has 0 saturated carbocycles. The maximum absolute atomic E-state index is 11.5. The number of carbonyl (C=O) groups is 1. The van der Waals surface area contributed by atoms with Gasteiger partial charge in [0.15, 0.2) is 0 Å². The van der Waals surface area contributed by atoms with Crippen LogP contribution in [0.4, 0.5) is 16.2 Å². The van der Waals surface area contributed by atoms with Crippen molar-refractivity contribution in [3.8, 4) is 0 Å². The molecule has 2 amide bonds. The summed E-state index contributed by atoms with van der Waals surface area (Å²) in [4.78, 5) is 11.5. The zero-order valence-corrected chi connectivity index (χ0v) is 10.00. The molecular weight excluding hydrogens is 226 g/mol. The molecule has 1 N–H and O–H groups in total. The van der Waals surface area contributed by atoms with Gasteiger partial charge >= 0.3 is 6.03 Å². The van der Waals surface area contributed by atoms with E-state index in [2.05, 4.69) is 15.5 Å². The molecule has 0 fully saturated rings. The number of hydrogen-bond donors (Lipinski definition) is 1. The first kappa shape index (κ1) is 12.0. The number of nitrogens with one attached hydrogen (secondary N) is 1. The maximum Gasteiger partial charge on any atom is 0.364 e. The molecule has 0 heterocycles. The number of rotatable bonds is 2. The largest absolute Gasteiger partial charge is 0.364 e. The van der Waals surface area contributed by atoms with Gasteiger partial charge in [0.2, 0.25) is 0 Å². The molecule has 0 aliphatic carbocycles. The van der Waals surface area contributed by atoms with E-state index in [1.807, 2.05) is 49.4 Å². The number of carbonyl (C=O) groups excluding carboxylic acids is 1. The fourth-order valence-electron chi connectivity index (χ4n) is 1.47. The van der Waals surface area contributed by atoms with Crippen molar-refractivity contribution in [1.29, 1.82) is 0 Å². The van der Waals surface area contributed by atoms with Gasteiger partial charge < -0.3 is 5.32 Å². The summed E-state index contributed by atoms with van der Waals surface area (Å²) in [5.41, 5.74) is 2.44. The van der Waals surface area contributed by atoms with Crippen molar-refractivity contribution in [2.75, 3.05) is 5.32 Å². The van der Waals surface area contributed by atoms with Gasteiger partial charge in [-0.3, -0.25) is 0 Å². The number of anilines is 1. The SMILES string of the molecule is Cc1cccc(NC(=O)N=Nc2ccccc2)c1. The Bertz CT molecular complexity index is 564.